The number of anilines is 1. The summed E-state index contributed by atoms with van der Waals surface area (Å²) in [4.78, 5) is 14.2. The summed E-state index contributed by atoms with van der Waals surface area (Å²) in [5.41, 5.74) is -1.60. The second-order valence-electron chi connectivity index (χ2n) is 3.89. The van der Waals surface area contributed by atoms with Gasteiger partial charge in [0.15, 0.2) is 12.0 Å². The van der Waals surface area contributed by atoms with Crippen molar-refractivity contribution in [2.75, 3.05) is 18.2 Å². The van der Waals surface area contributed by atoms with Crippen molar-refractivity contribution in [1.82, 2.24) is 9.27 Å². The SMILES string of the molecule is CSc1cc(N2C(=O)N(C)C(C)(O)C2O)sn1. The topological polar surface area (TPSA) is 76.9 Å². The Morgan fingerprint density at radius 3 is 2.71 bits per heavy atom. The molecule has 0 spiro atoms. The average molecular weight is 275 g/mol. The van der Waals surface area contributed by atoms with Gasteiger partial charge in [-0.3, -0.25) is 9.80 Å². The first-order chi connectivity index (χ1) is 7.89. The number of thioether (sulfide) groups is 1. The van der Waals surface area contributed by atoms with Crippen LogP contribution in [0.3, 0.4) is 0 Å². The molecule has 1 fully saturated rings. The van der Waals surface area contributed by atoms with Crippen LogP contribution in [0.5, 0.6) is 0 Å². The predicted octanol–water partition coefficient (Wildman–Crippen LogP) is 0.764. The molecule has 2 unspecified atom stereocenters. The minimum Gasteiger partial charge on any atom is -0.369 e. The molecule has 1 aromatic heterocycles. The summed E-state index contributed by atoms with van der Waals surface area (Å²) in [7, 11) is 1.45. The number of carbonyl (C=O) groups excluding carboxylic acids is 1. The molecule has 0 radical (unpaired) electrons. The maximum absolute atomic E-state index is 11.9. The highest BCUT2D eigenvalue weighted by Gasteiger charge is 2.52. The normalized spacial score (nSPS) is 29.2. The quantitative estimate of drug-likeness (QED) is 0.779. The Hall–Kier alpha value is -0.830. The van der Waals surface area contributed by atoms with Crippen molar-refractivity contribution in [2.24, 2.45) is 0 Å². The van der Waals surface area contributed by atoms with Crippen LogP contribution in [0.25, 0.3) is 0 Å². The van der Waals surface area contributed by atoms with E-state index >= 15 is 0 Å². The molecule has 0 bridgehead atoms. The smallest absolute Gasteiger partial charge is 0.329 e. The van der Waals surface area contributed by atoms with Crippen molar-refractivity contribution in [3.8, 4) is 0 Å². The molecule has 2 N–H and O–H groups in total. The van der Waals surface area contributed by atoms with Crippen LogP contribution in [0.15, 0.2) is 11.1 Å². The zero-order chi connectivity index (χ0) is 12.8. The maximum atomic E-state index is 11.9. The van der Waals surface area contributed by atoms with Crippen LogP contribution >= 0.6 is 23.3 Å². The van der Waals surface area contributed by atoms with Gasteiger partial charge in [-0.1, -0.05) is 0 Å². The number of aliphatic hydroxyl groups excluding tert-OH is 1. The summed E-state index contributed by atoms with van der Waals surface area (Å²) in [6, 6.07) is 1.27. The van der Waals surface area contributed by atoms with Crippen LogP contribution in [-0.4, -0.2) is 50.8 Å². The van der Waals surface area contributed by atoms with Crippen LogP contribution in [0, 0.1) is 0 Å². The minimum atomic E-state index is -1.60. The van der Waals surface area contributed by atoms with Crippen molar-refractivity contribution in [1.29, 1.82) is 0 Å². The second kappa shape index (κ2) is 4.13. The van der Waals surface area contributed by atoms with E-state index in [1.165, 1.54) is 25.7 Å². The molecule has 2 amide bonds. The third-order valence-corrected chi connectivity index (χ3v) is 4.36. The zero-order valence-corrected chi connectivity index (χ0v) is 11.2. The molecule has 8 heteroatoms. The first-order valence-electron chi connectivity index (χ1n) is 4.87. The van der Waals surface area contributed by atoms with Gasteiger partial charge in [-0.15, -0.1) is 11.8 Å². The molecule has 17 heavy (non-hydrogen) atoms. The van der Waals surface area contributed by atoms with Crippen LogP contribution in [0.4, 0.5) is 9.80 Å². The van der Waals surface area contributed by atoms with Gasteiger partial charge in [-0.25, -0.2) is 4.79 Å². The standard InChI is InChI=1S/C9H13N3O3S2/c1-9(15)7(13)12(8(14)11(9)2)6-4-5(16-3)10-17-6/h4,7,13,15H,1-3H3. The van der Waals surface area contributed by atoms with Crippen molar-refractivity contribution in [2.45, 2.75) is 23.9 Å². The van der Waals surface area contributed by atoms with Crippen LogP contribution in [-0.2, 0) is 0 Å². The third-order valence-electron chi connectivity index (χ3n) is 2.83. The van der Waals surface area contributed by atoms with Gasteiger partial charge in [0, 0.05) is 13.1 Å². The van der Waals surface area contributed by atoms with Crippen LogP contribution in [0.1, 0.15) is 6.92 Å². The minimum absolute atomic E-state index is 0.446. The number of nitrogens with zero attached hydrogens (tertiary/aromatic N) is 3. The Kier molecular flexibility index (Phi) is 3.06. The van der Waals surface area contributed by atoms with E-state index in [9.17, 15) is 15.0 Å². The third kappa shape index (κ3) is 1.81. The number of aliphatic hydroxyl groups is 2. The van der Waals surface area contributed by atoms with Crippen molar-refractivity contribution in [3.63, 3.8) is 0 Å². The van der Waals surface area contributed by atoms with E-state index in [2.05, 4.69) is 4.37 Å². The summed E-state index contributed by atoms with van der Waals surface area (Å²) >= 11 is 2.57. The molecule has 1 aromatic rings. The van der Waals surface area contributed by atoms with Crippen molar-refractivity contribution >= 4 is 34.3 Å². The van der Waals surface area contributed by atoms with Crippen LogP contribution in [0.2, 0.25) is 0 Å². The Balaban J connectivity index is 2.36. The number of hydrogen-bond donors (Lipinski definition) is 2. The van der Waals surface area contributed by atoms with Gasteiger partial charge in [-0.05, 0) is 24.7 Å². The fourth-order valence-electron chi connectivity index (χ4n) is 1.55. The van der Waals surface area contributed by atoms with E-state index in [0.29, 0.717) is 5.00 Å². The lowest BCUT2D eigenvalue weighted by Gasteiger charge is -2.26. The number of hydrogen-bond acceptors (Lipinski definition) is 6. The Bertz CT molecular complexity index is 448. The summed E-state index contributed by atoms with van der Waals surface area (Å²) in [6.45, 7) is 1.39. The van der Waals surface area contributed by atoms with Gasteiger partial charge in [0.1, 0.15) is 10.0 Å². The largest absolute Gasteiger partial charge is 0.369 e. The lowest BCUT2D eigenvalue weighted by atomic mass is 10.2. The van der Waals surface area contributed by atoms with Gasteiger partial charge >= 0.3 is 6.03 Å². The van der Waals surface area contributed by atoms with E-state index in [1.54, 1.807) is 6.07 Å². The van der Waals surface area contributed by atoms with Gasteiger partial charge in [0.2, 0.25) is 0 Å². The number of carbonyl (C=O) groups is 1. The van der Waals surface area contributed by atoms with Gasteiger partial charge in [0.25, 0.3) is 0 Å². The first kappa shape index (κ1) is 12.6. The Morgan fingerprint density at radius 2 is 2.29 bits per heavy atom. The molecule has 0 saturated carbocycles. The fraction of sp³-hybridized carbons (Fsp3) is 0.556. The first-order valence-corrected chi connectivity index (χ1v) is 6.87. The number of amides is 2. The highest BCUT2D eigenvalue weighted by Crippen LogP contribution is 2.36. The van der Waals surface area contributed by atoms with E-state index in [-0.39, 0.29) is 0 Å². The summed E-state index contributed by atoms with van der Waals surface area (Å²) in [6.07, 6.45) is 0.582. The molecule has 94 valence electrons. The molecule has 1 aliphatic rings. The predicted molar refractivity (Wildman–Crippen MR) is 66.2 cm³/mol. The molecular formula is C9H13N3O3S2. The van der Waals surface area contributed by atoms with E-state index in [1.807, 2.05) is 6.26 Å². The molecule has 2 atom stereocenters. The Morgan fingerprint density at radius 1 is 1.65 bits per heavy atom. The molecule has 1 saturated heterocycles. The molecule has 6 nitrogen and oxygen atoms in total. The summed E-state index contributed by atoms with van der Waals surface area (Å²) in [5, 5.41) is 21.3. The van der Waals surface area contributed by atoms with E-state index in [0.717, 1.165) is 26.4 Å². The molecule has 0 aromatic carbocycles. The lowest BCUT2D eigenvalue weighted by molar-refractivity contribution is -0.108. The zero-order valence-electron chi connectivity index (χ0n) is 9.62. The average Bonchev–Trinajstić information content (AvgIpc) is 2.80. The highest BCUT2D eigenvalue weighted by molar-refractivity contribution is 7.98. The molecule has 2 heterocycles. The highest BCUT2D eigenvalue weighted by atomic mass is 32.2. The van der Waals surface area contributed by atoms with Crippen molar-refractivity contribution in [3.05, 3.63) is 6.07 Å². The summed E-state index contributed by atoms with van der Waals surface area (Å²) < 4.78 is 4.12. The van der Waals surface area contributed by atoms with E-state index < -0.39 is 18.0 Å². The molecular weight excluding hydrogens is 262 g/mol. The summed E-state index contributed by atoms with van der Waals surface area (Å²) in [5.74, 6) is 0. The number of urea groups is 1. The van der Waals surface area contributed by atoms with Gasteiger partial charge in [-0.2, -0.15) is 4.37 Å². The lowest BCUT2D eigenvalue weighted by Crippen LogP contribution is -2.47. The molecule has 2 rings (SSSR count). The number of likely N-dealkylation sites (N-methyl/N-ethyl adjacent to an activating group) is 1. The van der Waals surface area contributed by atoms with Crippen LogP contribution < -0.4 is 4.90 Å². The Labute approximate surface area is 107 Å². The number of aromatic nitrogens is 1. The monoisotopic (exact) mass is 275 g/mol. The van der Waals surface area contributed by atoms with Crippen molar-refractivity contribution < 1.29 is 15.0 Å². The number of rotatable bonds is 2. The maximum Gasteiger partial charge on any atom is 0.329 e. The fourth-order valence-corrected chi connectivity index (χ4v) is 2.93. The molecule has 1 aliphatic heterocycles. The van der Waals surface area contributed by atoms with E-state index in [4.69, 9.17) is 0 Å². The van der Waals surface area contributed by atoms with Gasteiger partial charge < -0.3 is 10.2 Å². The molecule has 0 aliphatic carbocycles. The second-order valence-corrected chi connectivity index (χ2v) is 5.50. The van der Waals surface area contributed by atoms with Gasteiger partial charge in [0.05, 0.1) is 0 Å².